The van der Waals surface area contributed by atoms with Gasteiger partial charge in [-0.15, -0.1) is 0 Å². The number of rotatable bonds is 6. The summed E-state index contributed by atoms with van der Waals surface area (Å²) in [6.45, 7) is 0.437. The summed E-state index contributed by atoms with van der Waals surface area (Å²) < 4.78 is 8.28. The van der Waals surface area contributed by atoms with Gasteiger partial charge in [-0.05, 0) is 66.4 Å². The SMILES string of the molecule is O=c1c2cc(Br)ccc2nc(C2CCCCC2)n1N=Cc1cccc(OCc2ccc(Cl)cc2)c1. The van der Waals surface area contributed by atoms with Gasteiger partial charge in [0.15, 0.2) is 0 Å². The molecule has 1 aromatic heterocycles. The molecule has 178 valence electrons. The maximum absolute atomic E-state index is 13.5. The first kappa shape index (κ1) is 23.8. The highest BCUT2D eigenvalue weighted by atomic mass is 79.9. The number of hydrogen-bond acceptors (Lipinski definition) is 4. The molecule has 5 rings (SSSR count). The molecular formula is C28H25BrClN3O2. The Morgan fingerprint density at radius 2 is 1.86 bits per heavy atom. The highest BCUT2D eigenvalue weighted by molar-refractivity contribution is 9.10. The molecule has 0 N–H and O–H groups in total. The fraction of sp³-hybridized carbons (Fsp3) is 0.250. The predicted molar refractivity (Wildman–Crippen MR) is 145 cm³/mol. The van der Waals surface area contributed by atoms with E-state index in [-0.39, 0.29) is 11.5 Å². The van der Waals surface area contributed by atoms with E-state index in [2.05, 4.69) is 21.0 Å². The third-order valence-electron chi connectivity index (χ3n) is 6.30. The Labute approximate surface area is 217 Å². The monoisotopic (exact) mass is 549 g/mol. The van der Waals surface area contributed by atoms with Crippen molar-refractivity contribution in [3.63, 3.8) is 0 Å². The molecule has 4 aromatic rings. The minimum absolute atomic E-state index is 0.150. The Hall–Kier alpha value is -2.96. The van der Waals surface area contributed by atoms with E-state index in [1.807, 2.05) is 66.7 Å². The molecule has 3 aromatic carbocycles. The number of ether oxygens (including phenoxy) is 1. The summed E-state index contributed by atoms with van der Waals surface area (Å²) >= 11 is 9.43. The summed E-state index contributed by atoms with van der Waals surface area (Å²) in [5.74, 6) is 1.70. The Kier molecular flexibility index (Phi) is 7.30. The molecule has 7 heteroatoms. The van der Waals surface area contributed by atoms with Crippen molar-refractivity contribution in [2.75, 3.05) is 0 Å². The third kappa shape index (κ3) is 5.65. The summed E-state index contributed by atoms with van der Waals surface area (Å²) in [4.78, 5) is 18.4. The van der Waals surface area contributed by atoms with Gasteiger partial charge in [0.2, 0.25) is 0 Å². The summed E-state index contributed by atoms with van der Waals surface area (Å²) in [5.41, 5.74) is 2.44. The maximum Gasteiger partial charge on any atom is 0.282 e. The zero-order chi connectivity index (χ0) is 24.2. The molecule has 0 unspecified atom stereocenters. The molecule has 1 saturated carbocycles. The van der Waals surface area contributed by atoms with Crippen molar-refractivity contribution in [2.45, 2.75) is 44.6 Å². The average Bonchev–Trinajstić information content (AvgIpc) is 2.89. The van der Waals surface area contributed by atoms with Crippen molar-refractivity contribution < 1.29 is 4.74 Å². The molecule has 0 amide bonds. The quantitative estimate of drug-likeness (QED) is 0.236. The first-order chi connectivity index (χ1) is 17.1. The van der Waals surface area contributed by atoms with Crippen LogP contribution < -0.4 is 10.3 Å². The van der Waals surface area contributed by atoms with Crippen LogP contribution in [0.5, 0.6) is 5.75 Å². The highest BCUT2D eigenvalue weighted by Gasteiger charge is 2.22. The van der Waals surface area contributed by atoms with Crippen LogP contribution >= 0.6 is 27.5 Å². The van der Waals surface area contributed by atoms with Crippen LogP contribution in [0.3, 0.4) is 0 Å². The second-order valence-electron chi connectivity index (χ2n) is 8.82. The van der Waals surface area contributed by atoms with Gasteiger partial charge in [0.25, 0.3) is 5.56 Å². The number of fused-ring (bicyclic) bond motifs is 1. The van der Waals surface area contributed by atoms with Crippen molar-refractivity contribution in [3.8, 4) is 5.75 Å². The molecular weight excluding hydrogens is 526 g/mol. The van der Waals surface area contributed by atoms with E-state index in [9.17, 15) is 4.79 Å². The minimum Gasteiger partial charge on any atom is -0.489 e. The molecule has 0 aliphatic heterocycles. The van der Waals surface area contributed by atoms with Crippen LogP contribution in [0.15, 0.2) is 81.1 Å². The highest BCUT2D eigenvalue weighted by Crippen LogP contribution is 2.32. The number of aromatic nitrogens is 2. The maximum atomic E-state index is 13.5. The van der Waals surface area contributed by atoms with Gasteiger partial charge in [-0.2, -0.15) is 9.78 Å². The molecule has 35 heavy (non-hydrogen) atoms. The van der Waals surface area contributed by atoms with E-state index in [0.717, 1.165) is 52.9 Å². The molecule has 1 heterocycles. The standard InChI is InChI=1S/C28H25BrClN3O2/c29-22-11-14-26-25(16-22)28(34)33(27(32-26)21-6-2-1-3-7-21)31-17-20-5-4-8-24(15-20)35-18-19-9-12-23(30)13-10-19/h4-5,8-17,21H,1-3,6-7,18H2. The second-order valence-corrected chi connectivity index (χ2v) is 10.2. The fourth-order valence-corrected chi connectivity index (χ4v) is 4.95. The molecule has 0 bridgehead atoms. The van der Waals surface area contributed by atoms with Gasteiger partial charge < -0.3 is 4.74 Å². The first-order valence-corrected chi connectivity index (χ1v) is 13.0. The fourth-order valence-electron chi connectivity index (χ4n) is 4.46. The van der Waals surface area contributed by atoms with Crippen LogP contribution in [-0.2, 0) is 6.61 Å². The van der Waals surface area contributed by atoms with E-state index in [1.165, 1.54) is 11.1 Å². The van der Waals surface area contributed by atoms with Crippen LogP contribution in [0.4, 0.5) is 0 Å². The van der Waals surface area contributed by atoms with E-state index in [1.54, 1.807) is 6.21 Å². The molecule has 1 fully saturated rings. The normalized spacial score (nSPS) is 14.6. The van der Waals surface area contributed by atoms with Gasteiger partial charge in [0.05, 0.1) is 17.1 Å². The largest absolute Gasteiger partial charge is 0.489 e. The summed E-state index contributed by atoms with van der Waals surface area (Å²) in [7, 11) is 0. The molecule has 0 atom stereocenters. The lowest BCUT2D eigenvalue weighted by molar-refractivity contribution is 0.306. The van der Waals surface area contributed by atoms with Crippen LogP contribution in [-0.4, -0.2) is 15.9 Å². The second kappa shape index (κ2) is 10.8. The smallest absolute Gasteiger partial charge is 0.282 e. The lowest BCUT2D eigenvalue weighted by atomic mass is 9.88. The Bertz CT molecular complexity index is 1430. The van der Waals surface area contributed by atoms with Crippen molar-refractivity contribution in [3.05, 3.63) is 104 Å². The first-order valence-electron chi connectivity index (χ1n) is 11.8. The van der Waals surface area contributed by atoms with Gasteiger partial charge in [0.1, 0.15) is 18.2 Å². The number of nitrogens with zero attached hydrogens (tertiary/aromatic N) is 3. The zero-order valence-corrected chi connectivity index (χ0v) is 21.5. The van der Waals surface area contributed by atoms with Crippen LogP contribution in [0, 0.1) is 0 Å². The molecule has 0 radical (unpaired) electrons. The van der Waals surface area contributed by atoms with Crippen molar-refractivity contribution >= 4 is 44.6 Å². The lowest BCUT2D eigenvalue weighted by Gasteiger charge is -2.22. The van der Waals surface area contributed by atoms with E-state index >= 15 is 0 Å². The average molecular weight is 551 g/mol. The van der Waals surface area contributed by atoms with E-state index < -0.39 is 0 Å². The molecule has 1 aliphatic rings. The van der Waals surface area contributed by atoms with Crippen molar-refractivity contribution in [1.82, 2.24) is 9.66 Å². The van der Waals surface area contributed by atoms with Gasteiger partial charge in [0, 0.05) is 15.4 Å². The number of hydrogen-bond donors (Lipinski definition) is 0. The predicted octanol–water partition coefficient (Wildman–Crippen LogP) is 7.32. The van der Waals surface area contributed by atoms with Gasteiger partial charge in [-0.1, -0.05) is 71.1 Å². The summed E-state index contributed by atoms with van der Waals surface area (Å²) in [6.07, 6.45) is 7.28. The zero-order valence-electron chi connectivity index (χ0n) is 19.2. The lowest BCUT2D eigenvalue weighted by Crippen LogP contribution is -2.25. The van der Waals surface area contributed by atoms with E-state index in [0.29, 0.717) is 22.5 Å². The Morgan fingerprint density at radius 1 is 1.06 bits per heavy atom. The van der Waals surface area contributed by atoms with Crippen molar-refractivity contribution in [2.24, 2.45) is 5.10 Å². The minimum atomic E-state index is -0.150. The van der Waals surface area contributed by atoms with Crippen LogP contribution in [0.1, 0.15) is 55.0 Å². The van der Waals surface area contributed by atoms with Gasteiger partial charge in [-0.25, -0.2) is 4.98 Å². The van der Waals surface area contributed by atoms with Crippen molar-refractivity contribution in [1.29, 1.82) is 0 Å². The van der Waals surface area contributed by atoms with Crippen LogP contribution in [0.25, 0.3) is 10.9 Å². The Balaban J connectivity index is 1.45. The van der Waals surface area contributed by atoms with Gasteiger partial charge >= 0.3 is 0 Å². The Morgan fingerprint density at radius 3 is 2.66 bits per heavy atom. The van der Waals surface area contributed by atoms with Crippen LogP contribution in [0.2, 0.25) is 5.02 Å². The van der Waals surface area contributed by atoms with E-state index in [4.69, 9.17) is 21.3 Å². The molecule has 1 aliphatic carbocycles. The molecule has 5 nitrogen and oxygen atoms in total. The third-order valence-corrected chi connectivity index (χ3v) is 7.05. The van der Waals surface area contributed by atoms with Gasteiger partial charge in [-0.3, -0.25) is 4.79 Å². The molecule has 0 saturated heterocycles. The number of benzene rings is 3. The molecule has 0 spiro atoms. The summed E-state index contributed by atoms with van der Waals surface area (Å²) in [6, 6.07) is 20.9. The topological polar surface area (TPSA) is 56.5 Å². The number of halogens is 2. The summed E-state index contributed by atoms with van der Waals surface area (Å²) in [5, 5.41) is 5.88.